The van der Waals surface area contributed by atoms with Crippen LogP contribution in [0.2, 0.25) is 0 Å². The van der Waals surface area contributed by atoms with Gasteiger partial charge in [0, 0.05) is 15.8 Å². The minimum absolute atomic E-state index is 0.210. The van der Waals surface area contributed by atoms with Crippen LogP contribution in [0.15, 0.2) is 40.1 Å². The summed E-state index contributed by atoms with van der Waals surface area (Å²) in [6.07, 6.45) is 0. The standard InChI is InChI=1S/C15H15NO2S/c1-9-11-8-10(17-2)5-6-12(11)18-15(9)14(16)13-4-3-7-19-13/h3-8,14H,16H2,1-2H3. The smallest absolute Gasteiger partial charge is 0.134 e. The molecule has 3 aromatic rings. The van der Waals surface area contributed by atoms with Gasteiger partial charge in [0.25, 0.3) is 0 Å². The third-order valence-electron chi connectivity index (χ3n) is 3.31. The molecule has 2 heterocycles. The van der Waals surface area contributed by atoms with Gasteiger partial charge in [-0.25, -0.2) is 0 Å². The number of hydrogen-bond donors (Lipinski definition) is 1. The van der Waals surface area contributed by atoms with E-state index in [-0.39, 0.29) is 6.04 Å². The molecule has 0 aliphatic carbocycles. The Morgan fingerprint density at radius 2 is 2.16 bits per heavy atom. The first-order valence-corrected chi connectivity index (χ1v) is 6.94. The van der Waals surface area contributed by atoms with Crippen molar-refractivity contribution >= 4 is 22.3 Å². The van der Waals surface area contributed by atoms with Crippen LogP contribution < -0.4 is 10.5 Å². The minimum Gasteiger partial charge on any atom is -0.497 e. The Morgan fingerprint density at radius 1 is 1.32 bits per heavy atom. The lowest BCUT2D eigenvalue weighted by Crippen LogP contribution is -2.10. The maximum atomic E-state index is 6.28. The summed E-state index contributed by atoms with van der Waals surface area (Å²) in [5.41, 5.74) is 8.21. The number of furan rings is 1. The molecule has 0 amide bonds. The molecule has 3 rings (SSSR count). The van der Waals surface area contributed by atoms with E-state index >= 15 is 0 Å². The molecule has 2 N–H and O–H groups in total. The second-order valence-electron chi connectivity index (χ2n) is 4.45. The van der Waals surface area contributed by atoms with Gasteiger partial charge in [0.05, 0.1) is 13.2 Å². The molecule has 0 aliphatic heterocycles. The highest BCUT2D eigenvalue weighted by atomic mass is 32.1. The van der Waals surface area contributed by atoms with E-state index in [4.69, 9.17) is 14.9 Å². The van der Waals surface area contributed by atoms with Gasteiger partial charge in [-0.05, 0) is 36.6 Å². The average molecular weight is 273 g/mol. The second-order valence-corrected chi connectivity index (χ2v) is 5.43. The first kappa shape index (κ1) is 12.3. The summed E-state index contributed by atoms with van der Waals surface area (Å²) in [6, 6.07) is 9.62. The monoisotopic (exact) mass is 273 g/mol. The fourth-order valence-electron chi connectivity index (χ4n) is 2.24. The average Bonchev–Trinajstić information content (AvgIpc) is 3.06. The van der Waals surface area contributed by atoms with Crippen molar-refractivity contribution < 1.29 is 9.15 Å². The van der Waals surface area contributed by atoms with Gasteiger partial charge in [0.2, 0.25) is 0 Å². The Kier molecular flexibility index (Phi) is 3.05. The van der Waals surface area contributed by atoms with Crippen molar-refractivity contribution in [1.29, 1.82) is 0 Å². The van der Waals surface area contributed by atoms with E-state index in [1.165, 1.54) is 0 Å². The van der Waals surface area contributed by atoms with Crippen LogP contribution in [0.3, 0.4) is 0 Å². The molecule has 0 aliphatic rings. The Labute approximate surface area is 115 Å². The molecule has 98 valence electrons. The number of aryl methyl sites for hydroxylation is 1. The predicted molar refractivity (Wildman–Crippen MR) is 77.9 cm³/mol. The molecule has 1 atom stereocenters. The van der Waals surface area contributed by atoms with Crippen LogP contribution >= 0.6 is 11.3 Å². The van der Waals surface area contributed by atoms with E-state index in [1.54, 1.807) is 18.4 Å². The molecule has 1 unspecified atom stereocenters. The largest absolute Gasteiger partial charge is 0.497 e. The second kappa shape index (κ2) is 4.72. The number of rotatable bonds is 3. The maximum Gasteiger partial charge on any atom is 0.134 e. The van der Waals surface area contributed by atoms with Crippen molar-refractivity contribution in [3.63, 3.8) is 0 Å². The summed E-state index contributed by atoms with van der Waals surface area (Å²) in [6.45, 7) is 2.04. The fourth-order valence-corrected chi connectivity index (χ4v) is 2.97. The maximum absolute atomic E-state index is 6.28. The van der Waals surface area contributed by atoms with Crippen LogP contribution in [0.1, 0.15) is 22.2 Å². The molecular weight excluding hydrogens is 258 g/mol. The molecule has 19 heavy (non-hydrogen) atoms. The van der Waals surface area contributed by atoms with Crippen LogP contribution in [0.4, 0.5) is 0 Å². The zero-order valence-corrected chi connectivity index (χ0v) is 11.7. The highest BCUT2D eigenvalue weighted by Crippen LogP contribution is 2.34. The van der Waals surface area contributed by atoms with Crippen LogP contribution in [-0.4, -0.2) is 7.11 Å². The zero-order chi connectivity index (χ0) is 13.4. The van der Waals surface area contributed by atoms with E-state index in [9.17, 15) is 0 Å². The van der Waals surface area contributed by atoms with Crippen molar-refractivity contribution in [2.75, 3.05) is 7.11 Å². The predicted octanol–water partition coefficient (Wildman–Crippen LogP) is 3.86. The lowest BCUT2D eigenvalue weighted by molar-refractivity contribution is 0.415. The van der Waals surface area contributed by atoms with E-state index in [1.807, 2.05) is 42.6 Å². The summed E-state index contributed by atoms with van der Waals surface area (Å²) in [5.74, 6) is 1.65. The molecule has 0 fully saturated rings. The number of nitrogens with two attached hydrogens (primary N) is 1. The Hall–Kier alpha value is -1.78. The van der Waals surface area contributed by atoms with Crippen molar-refractivity contribution in [1.82, 2.24) is 0 Å². The lowest BCUT2D eigenvalue weighted by atomic mass is 10.1. The zero-order valence-electron chi connectivity index (χ0n) is 10.8. The molecule has 2 aromatic heterocycles. The molecule has 0 radical (unpaired) electrons. The molecule has 0 spiro atoms. The summed E-state index contributed by atoms with van der Waals surface area (Å²) in [4.78, 5) is 1.11. The van der Waals surface area contributed by atoms with E-state index in [2.05, 4.69) is 0 Å². The number of fused-ring (bicyclic) bond motifs is 1. The summed E-state index contributed by atoms with van der Waals surface area (Å²) >= 11 is 1.64. The van der Waals surface area contributed by atoms with Gasteiger partial charge in [0.1, 0.15) is 17.1 Å². The van der Waals surface area contributed by atoms with Gasteiger partial charge in [-0.3, -0.25) is 0 Å². The molecule has 4 heteroatoms. The van der Waals surface area contributed by atoms with Crippen molar-refractivity contribution in [3.8, 4) is 5.75 Å². The first-order valence-electron chi connectivity index (χ1n) is 6.06. The number of thiophene rings is 1. The van der Waals surface area contributed by atoms with Crippen molar-refractivity contribution in [2.24, 2.45) is 5.73 Å². The first-order chi connectivity index (χ1) is 9.20. The summed E-state index contributed by atoms with van der Waals surface area (Å²) in [5, 5.41) is 3.08. The van der Waals surface area contributed by atoms with E-state index in [0.717, 1.165) is 32.9 Å². The van der Waals surface area contributed by atoms with Gasteiger partial charge >= 0.3 is 0 Å². The fraction of sp³-hybridized carbons (Fsp3) is 0.200. The SMILES string of the molecule is COc1ccc2oc(C(N)c3cccs3)c(C)c2c1. The Bertz CT molecular complexity index is 700. The molecule has 1 aromatic carbocycles. The molecule has 3 nitrogen and oxygen atoms in total. The van der Waals surface area contributed by atoms with Crippen molar-refractivity contribution in [3.05, 3.63) is 51.9 Å². The molecule has 0 saturated carbocycles. The molecular formula is C15H15NO2S. The molecule has 0 saturated heterocycles. The minimum atomic E-state index is -0.210. The van der Waals surface area contributed by atoms with Crippen molar-refractivity contribution in [2.45, 2.75) is 13.0 Å². The van der Waals surface area contributed by atoms with Crippen LogP contribution in [-0.2, 0) is 0 Å². The number of ether oxygens (including phenoxy) is 1. The van der Waals surface area contributed by atoms with Gasteiger partial charge in [-0.2, -0.15) is 0 Å². The normalized spacial score (nSPS) is 12.8. The summed E-state index contributed by atoms with van der Waals surface area (Å²) < 4.78 is 11.2. The van der Waals surface area contributed by atoms with Gasteiger partial charge in [-0.1, -0.05) is 6.07 Å². The lowest BCUT2D eigenvalue weighted by Gasteiger charge is -2.06. The quantitative estimate of drug-likeness (QED) is 0.788. The van der Waals surface area contributed by atoms with Gasteiger partial charge < -0.3 is 14.9 Å². The molecule has 0 bridgehead atoms. The van der Waals surface area contributed by atoms with Crippen LogP contribution in [0.5, 0.6) is 5.75 Å². The topological polar surface area (TPSA) is 48.4 Å². The number of hydrogen-bond acceptors (Lipinski definition) is 4. The van der Waals surface area contributed by atoms with Crippen LogP contribution in [0.25, 0.3) is 11.0 Å². The highest BCUT2D eigenvalue weighted by Gasteiger charge is 2.19. The Morgan fingerprint density at radius 3 is 2.84 bits per heavy atom. The van der Waals surface area contributed by atoms with Gasteiger partial charge in [-0.15, -0.1) is 11.3 Å². The summed E-state index contributed by atoms with van der Waals surface area (Å²) in [7, 11) is 1.66. The van der Waals surface area contributed by atoms with E-state index in [0.29, 0.717) is 0 Å². The number of methoxy groups -OCH3 is 1. The van der Waals surface area contributed by atoms with Gasteiger partial charge in [0.15, 0.2) is 0 Å². The van der Waals surface area contributed by atoms with Crippen LogP contribution in [0, 0.1) is 6.92 Å². The third-order valence-corrected chi connectivity index (χ3v) is 4.27. The third kappa shape index (κ3) is 2.03. The number of benzene rings is 1. The Balaban J connectivity index is 2.12. The van der Waals surface area contributed by atoms with E-state index < -0.39 is 0 Å². The highest BCUT2D eigenvalue weighted by molar-refractivity contribution is 7.10.